The number of rotatable bonds is 6. The fraction of sp³-hybridized carbons (Fsp3) is 0.267. The summed E-state index contributed by atoms with van der Waals surface area (Å²) >= 11 is 0. The number of amides is 2. The number of urea groups is 1. The van der Waals surface area contributed by atoms with Gasteiger partial charge >= 0.3 is 6.03 Å². The van der Waals surface area contributed by atoms with Gasteiger partial charge in [0.05, 0.1) is 49.4 Å². The molecule has 0 aliphatic carbocycles. The fourth-order valence-electron chi connectivity index (χ4n) is 4.70. The number of nitrogens with zero attached hydrogens (tertiary/aromatic N) is 5. The van der Waals surface area contributed by atoms with Crippen LogP contribution in [0.4, 0.5) is 22.1 Å². The van der Waals surface area contributed by atoms with E-state index in [2.05, 4.69) is 42.9 Å². The molecule has 3 N–H and O–H groups in total. The predicted molar refractivity (Wildman–Crippen MR) is 153 cm³/mol. The first kappa shape index (κ1) is 26.5. The van der Waals surface area contributed by atoms with Gasteiger partial charge < -0.3 is 20.7 Å². The van der Waals surface area contributed by atoms with E-state index in [0.717, 1.165) is 36.3 Å². The number of ether oxygens (including phenoxy) is 1. The summed E-state index contributed by atoms with van der Waals surface area (Å²) in [6.45, 7) is 3.58. The third-order valence-corrected chi connectivity index (χ3v) is 6.69. The monoisotopic (exact) mass is 550 g/mol. The van der Waals surface area contributed by atoms with Gasteiger partial charge in [0, 0.05) is 49.4 Å². The molecule has 41 heavy (non-hydrogen) atoms. The molecular weight excluding hydrogens is 520 g/mol. The SMILES string of the molecule is O=C(Nc1cccc(C#Cc2cnc(Nc3cnn(C[C@H]4CNCCO4)c3)nc2)c1)N1OCC[C@H]1c1ccccc1. The number of nitrogens with one attached hydrogen (secondary N) is 3. The van der Waals surface area contributed by atoms with Crippen molar-refractivity contribution in [2.45, 2.75) is 25.1 Å². The summed E-state index contributed by atoms with van der Waals surface area (Å²) in [5.74, 6) is 6.64. The lowest BCUT2D eigenvalue weighted by Gasteiger charge is -2.23. The molecule has 2 aromatic heterocycles. The number of hydroxylamine groups is 2. The van der Waals surface area contributed by atoms with Gasteiger partial charge in [0.15, 0.2) is 0 Å². The van der Waals surface area contributed by atoms with Crippen LogP contribution < -0.4 is 16.0 Å². The Balaban J connectivity index is 1.04. The Morgan fingerprint density at radius 3 is 2.68 bits per heavy atom. The van der Waals surface area contributed by atoms with Crippen molar-refractivity contribution in [2.75, 3.05) is 36.9 Å². The van der Waals surface area contributed by atoms with Crippen molar-refractivity contribution in [3.8, 4) is 11.8 Å². The quantitative estimate of drug-likeness (QED) is 0.311. The second-order valence-corrected chi connectivity index (χ2v) is 9.70. The van der Waals surface area contributed by atoms with Gasteiger partial charge in [-0.25, -0.2) is 14.8 Å². The summed E-state index contributed by atoms with van der Waals surface area (Å²) < 4.78 is 7.58. The van der Waals surface area contributed by atoms with Gasteiger partial charge in [-0.3, -0.25) is 9.52 Å². The van der Waals surface area contributed by atoms with Crippen molar-refractivity contribution in [2.24, 2.45) is 0 Å². The highest BCUT2D eigenvalue weighted by atomic mass is 16.7. The fourth-order valence-corrected chi connectivity index (χ4v) is 4.70. The van der Waals surface area contributed by atoms with Crippen molar-refractivity contribution in [3.63, 3.8) is 0 Å². The maximum Gasteiger partial charge on any atom is 0.346 e. The molecule has 6 rings (SSSR count). The van der Waals surface area contributed by atoms with Gasteiger partial charge in [-0.15, -0.1) is 0 Å². The van der Waals surface area contributed by atoms with E-state index in [1.165, 1.54) is 5.06 Å². The normalized spacial score (nSPS) is 18.4. The molecule has 2 saturated heterocycles. The largest absolute Gasteiger partial charge is 0.374 e. The van der Waals surface area contributed by atoms with E-state index in [1.807, 2.05) is 65.5 Å². The standard InChI is InChI=1S/C30H30N8O3/c39-30(38-28(11-13-41-38)24-6-2-1-3-7-24)36-25-8-4-5-22(15-25)9-10-23-16-32-29(33-17-23)35-26-18-34-37(20-26)21-27-19-31-12-14-40-27/h1-8,15-18,20,27-28,31H,11-14,19,21H2,(H,36,39)(H,32,33,35)/t27-,28+/m1/s1. The zero-order chi connectivity index (χ0) is 27.9. The van der Waals surface area contributed by atoms with Crippen molar-refractivity contribution in [3.05, 3.63) is 96.1 Å². The van der Waals surface area contributed by atoms with Gasteiger partial charge in [-0.2, -0.15) is 10.2 Å². The van der Waals surface area contributed by atoms with Crippen LogP contribution in [-0.2, 0) is 16.1 Å². The number of aromatic nitrogens is 4. The lowest BCUT2D eigenvalue weighted by Crippen LogP contribution is -2.40. The lowest BCUT2D eigenvalue weighted by atomic mass is 10.1. The van der Waals surface area contributed by atoms with Crippen LogP contribution in [0.15, 0.2) is 79.4 Å². The minimum absolute atomic E-state index is 0.105. The van der Waals surface area contributed by atoms with Crippen LogP contribution in [-0.4, -0.2) is 63.3 Å². The molecule has 0 bridgehead atoms. The molecule has 2 fully saturated rings. The molecular formula is C30H30N8O3. The molecule has 2 aliphatic rings. The molecule has 0 spiro atoms. The highest BCUT2D eigenvalue weighted by molar-refractivity contribution is 5.89. The van der Waals surface area contributed by atoms with E-state index in [9.17, 15) is 4.79 Å². The highest BCUT2D eigenvalue weighted by Gasteiger charge is 2.31. The molecule has 2 aromatic carbocycles. The summed E-state index contributed by atoms with van der Waals surface area (Å²) in [5, 5.41) is 15.2. The van der Waals surface area contributed by atoms with E-state index < -0.39 is 0 Å². The Hall–Kier alpha value is -4.76. The average molecular weight is 551 g/mol. The summed E-state index contributed by atoms with van der Waals surface area (Å²) in [7, 11) is 0. The van der Waals surface area contributed by atoms with Crippen molar-refractivity contribution < 1.29 is 14.4 Å². The first-order chi connectivity index (χ1) is 20.2. The Kier molecular flexibility index (Phi) is 8.14. The van der Waals surface area contributed by atoms with E-state index in [4.69, 9.17) is 9.57 Å². The van der Waals surface area contributed by atoms with Crippen molar-refractivity contribution >= 4 is 23.4 Å². The Bertz CT molecular complexity index is 1520. The number of morpholine rings is 1. The number of carbonyl (C=O) groups excluding carboxylic acids is 1. The van der Waals surface area contributed by atoms with E-state index in [0.29, 0.717) is 37.0 Å². The Labute approximate surface area is 237 Å². The molecule has 0 unspecified atom stereocenters. The summed E-state index contributed by atoms with van der Waals surface area (Å²) in [5.41, 5.74) is 3.88. The van der Waals surface area contributed by atoms with Crippen LogP contribution >= 0.6 is 0 Å². The third-order valence-electron chi connectivity index (χ3n) is 6.69. The zero-order valence-electron chi connectivity index (χ0n) is 22.4. The minimum atomic E-state index is -0.317. The van der Waals surface area contributed by atoms with Crippen LogP contribution in [0.3, 0.4) is 0 Å². The number of carbonyl (C=O) groups is 1. The predicted octanol–water partition coefficient (Wildman–Crippen LogP) is 3.72. The van der Waals surface area contributed by atoms with Crippen LogP contribution in [0.5, 0.6) is 0 Å². The molecule has 0 saturated carbocycles. The van der Waals surface area contributed by atoms with E-state index in [1.54, 1.807) is 18.6 Å². The maximum atomic E-state index is 13.0. The molecule has 4 aromatic rings. The van der Waals surface area contributed by atoms with Crippen molar-refractivity contribution in [1.29, 1.82) is 0 Å². The molecule has 2 atom stereocenters. The summed E-state index contributed by atoms with van der Waals surface area (Å²) in [6, 6.07) is 16.8. The number of hydrogen-bond acceptors (Lipinski definition) is 8. The first-order valence-electron chi connectivity index (χ1n) is 13.5. The van der Waals surface area contributed by atoms with Crippen LogP contribution in [0.1, 0.15) is 29.2 Å². The van der Waals surface area contributed by atoms with Crippen LogP contribution in [0.25, 0.3) is 0 Å². The third kappa shape index (κ3) is 6.88. The zero-order valence-corrected chi connectivity index (χ0v) is 22.4. The first-order valence-corrected chi connectivity index (χ1v) is 13.5. The highest BCUT2D eigenvalue weighted by Crippen LogP contribution is 2.30. The second-order valence-electron chi connectivity index (χ2n) is 9.70. The van der Waals surface area contributed by atoms with Crippen LogP contribution in [0, 0.1) is 11.8 Å². The van der Waals surface area contributed by atoms with Crippen LogP contribution in [0.2, 0.25) is 0 Å². The van der Waals surface area contributed by atoms with Gasteiger partial charge in [0.2, 0.25) is 5.95 Å². The lowest BCUT2D eigenvalue weighted by molar-refractivity contribution is -0.0829. The average Bonchev–Trinajstić information content (AvgIpc) is 3.68. The minimum Gasteiger partial charge on any atom is -0.374 e. The smallest absolute Gasteiger partial charge is 0.346 e. The number of hydrogen-bond donors (Lipinski definition) is 3. The van der Waals surface area contributed by atoms with Gasteiger partial charge in [-0.05, 0) is 23.8 Å². The number of benzene rings is 2. The molecule has 208 valence electrons. The summed E-state index contributed by atoms with van der Waals surface area (Å²) in [6.07, 6.45) is 7.81. The molecule has 2 amide bonds. The Morgan fingerprint density at radius 2 is 1.85 bits per heavy atom. The van der Waals surface area contributed by atoms with E-state index in [-0.39, 0.29) is 18.2 Å². The second kappa shape index (κ2) is 12.6. The van der Waals surface area contributed by atoms with Gasteiger partial charge in [-0.1, -0.05) is 48.2 Å². The molecule has 11 nitrogen and oxygen atoms in total. The molecule has 11 heteroatoms. The molecule has 4 heterocycles. The molecule has 0 radical (unpaired) electrons. The topological polar surface area (TPSA) is 118 Å². The van der Waals surface area contributed by atoms with Crippen molar-refractivity contribution in [1.82, 2.24) is 30.1 Å². The maximum absolute atomic E-state index is 13.0. The number of anilines is 3. The Morgan fingerprint density at radius 1 is 1.00 bits per heavy atom. The molecule has 2 aliphatic heterocycles. The summed E-state index contributed by atoms with van der Waals surface area (Å²) in [4.78, 5) is 27.3. The van der Waals surface area contributed by atoms with Gasteiger partial charge in [0.1, 0.15) is 0 Å². The van der Waals surface area contributed by atoms with Gasteiger partial charge in [0.25, 0.3) is 0 Å². The van der Waals surface area contributed by atoms with E-state index >= 15 is 0 Å².